The fourth-order valence-electron chi connectivity index (χ4n) is 0.196. The standard InChI is InChI=1S/C4H3O.3C3H7O.Ti/c1-2-4-5-3-1;3*1-3(2)4;/h1-3H;3*3H,1-2H3;/q4*-1;+4. The Labute approximate surface area is 126 Å². The van der Waals surface area contributed by atoms with E-state index in [1.165, 1.54) is 0 Å². The van der Waals surface area contributed by atoms with Gasteiger partial charge in [-0.05, 0) is 6.26 Å². The third-order valence-corrected chi connectivity index (χ3v) is 0.379. The van der Waals surface area contributed by atoms with Crippen LogP contribution in [0.3, 0.4) is 0 Å². The van der Waals surface area contributed by atoms with E-state index in [9.17, 15) is 15.3 Å². The van der Waals surface area contributed by atoms with E-state index in [1.54, 1.807) is 59.9 Å². The smallest absolute Gasteiger partial charge is 0.852 e. The first-order valence-electron chi connectivity index (χ1n) is 5.57. The zero-order valence-electron chi connectivity index (χ0n) is 12.1. The van der Waals surface area contributed by atoms with Crippen molar-refractivity contribution in [2.24, 2.45) is 0 Å². The first-order chi connectivity index (χ1) is 7.70. The van der Waals surface area contributed by atoms with E-state index in [2.05, 4.69) is 10.7 Å². The molecule has 4 nitrogen and oxygen atoms in total. The summed E-state index contributed by atoms with van der Waals surface area (Å²) in [6, 6.07) is 3.49. The van der Waals surface area contributed by atoms with Crippen LogP contribution in [0.1, 0.15) is 41.5 Å². The molecule has 1 aromatic heterocycles. The molecule has 0 fully saturated rings. The van der Waals surface area contributed by atoms with Crippen molar-refractivity contribution >= 4 is 0 Å². The van der Waals surface area contributed by atoms with Crippen LogP contribution in [0.2, 0.25) is 0 Å². The van der Waals surface area contributed by atoms with Gasteiger partial charge in [-0.15, -0.1) is 24.4 Å². The molecule has 0 aliphatic heterocycles. The van der Waals surface area contributed by atoms with Crippen molar-refractivity contribution < 1.29 is 41.5 Å². The van der Waals surface area contributed by atoms with Crippen molar-refractivity contribution in [2.75, 3.05) is 0 Å². The summed E-state index contributed by atoms with van der Waals surface area (Å²) in [7, 11) is 0. The predicted octanol–water partition coefficient (Wildman–Crippen LogP) is 0.343. The maximum Gasteiger partial charge on any atom is 4.00 e. The quantitative estimate of drug-likeness (QED) is 0.510. The molecule has 1 aromatic rings. The van der Waals surface area contributed by atoms with Gasteiger partial charge in [0.1, 0.15) is 0 Å². The van der Waals surface area contributed by atoms with Crippen molar-refractivity contribution in [1.82, 2.24) is 0 Å². The van der Waals surface area contributed by atoms with Crippen LogP contribution in [0, 0.1) is 6.26 Å². The minimum Gasteiger partial charge on any atom is -0.852 e. The number of hydrogen-bond donors (Lipinski definition) is 0. The van der Waals surface area contributed by atoms with Gasteiger partial charge in [-0.3, -0.25) is 0 Å². The maximum absolute atomic E-state index is 9.53. The Balaban J connectivity index is -0.0000000719. The molecule has 0 unspecified atom stereocenters. The molecule has 0 amide bonds. The van der Waals surface area contributed by atoms with Crippen LogP contribution in [0.5, 0.6) is 0 Å². The molecule has 0 saturated carbocycles. The van der Waals surface area contributed by atoms with Gasteiger partial charge in [0.25, 0.3) is 0 Å². The number of rotatable bonds is 0. The van der Waals surface area contributed by atoms with Crippen LogP contribution in [-0.4, -0.2) is 18.3 Å². The minimum absolute atomic E-state index is 0. The molecule has 1 rings (SSSR count). The van der Waals surface area contributed by atoms with Crippen LogP contribution >= 0.6 is 0 Å². The SMILES string of the molecule is CC(C)[O-].CC(C)[O-].CC(C)[O-].[Ti+4].[c-]1ccco1. The molecule has 0 aliphatic rings. The first kappa shape index (κ1) is 26.4. The Kier molecular flexibility index (Phi) is 32.4. The average Bonchev–Trinajstić information content (AvgIpc) is 2.53. The second-order valence-electron chi connectivity index (χ2n) is 3.88. The van der Waals surface area contributed by atoms with Gasteiger partial charge in [-0.2, -0.15) is 6.07 Å². The fourth-order valence-corrected chi connectivity index (χ4v) is 0.196. The summed E-state index contributed by atoms with van der Waals surface area (Å²) >= 11 is 0. The van der Waals surface area contributed by atoms with Crippen molar-refractivity contribution in [3.8, 4) is 0 Å². The molecule has 0 bridgehead atoms. The monoisotopic (exact) mass is 292 g/mol. The second kappa shape index (κ2) is 22.1. The zero-order chi connectivity index (χ0) is 14.3. The van der Waals surface area contributed by atoms with E-state index in [4.69, 9.17) is 0 Å². The van der Waals surface area contributed by atoms with Crippen LogP contribution in [0.25, 0.3) is 0 Å². The summed E-state index contributed by atoms with van der Waals surface area (Å²) in [6.07, 6.45) is 2.81. The van der Waals surface area contributed by atoms with Crippen molar-refractivity contribution in [3.63, 3.8) is 0 Å². The predicted molar refractivity (Wildman–Crippen MR) is 63.0 cm³/mol. The Morgan fingerprint density at radius 2 is 1.11 bits per heavy atom. The van der Waals surface area contributed by atoms with Crippen molar-refractivity contribution in [3.05, 3.63) is 24.7 Å². The van der Waals surface area contributed by atoms with Crippen LogP contribution in [-0.2, 0) is 21.7 Å². The molecular formula is C13H24O4Ti. The van der Waals surface area contributed by atoms with Crippen molar-refractivity contribution in [1.29, 1.82) is 0 Å². The minimum atomic E-state index is -0.417. The van der Waals surface area contributed by atoms with Gasteiger partial charge in [0.05, 0.1) is 0 Å². The van der Waals surface area contributed by atoms with E-state index in [0.29, 0.717) is 0 Å². The third-order valence-electron chi connectivity index (χ3n) is 0.379. The molecular weight excluding hydrogens is 268 g/mol. The van der Waals surface area contributed by atoms with Gasteiger partial charge < -0.3 is 19.7 Å². The Morgan fingerprint density at radius 3 is 1.17 bits per heavy atom. The molecule has 5 heteroatoms. The second-order valence-corrected chi connectivity index (χ2v) is 3.88. The maximum atomic E-state index is 9.53. The topological polar surface area (TPSA) is 82.3 Å². The Hall–Kier alpha value is -0.126. The fraction of sp³-hybridized carbons (Fsp3) is 0.692. The van der Waals surface area contributed by atoms with Gasteiger partial charge in [-0.1, -0.05) is 47.8 Å². The largest absolute Gasteiger partial charge is 4.00 e. The van der Waals surface area contributed by atoms with Gasteiger partial charge >= 0.3 is 21.7 Å². The molecule has 0 N–H and O–H groups in total. The molecule has 0 aliphatic carbocycles. The van der Waals surface area contributed by atoms with E-state index in [0.717, 1.165) is 0 Å². The van der Waals surface area contributed by atoms with Gasteiger partial charge in [0, 0.05) is 0 Å². The molecule has 1 heterocycles. The molecule has 18 heavy (non-hydrogen) atoms. The van der Waals surface area contributed by atoms with Gasteiger partial charge in [0.2, 0.25) is 0 Å². The van der Waals surface area contributed by atoms with E-state index in [-0.39, 0.29) is 21.7 Å². The van der Waals surface area contributed by atoms with Gasteiger partial charge in [0.15, 0.2) is 0 Å². The Bertz CT molecular complexity index is 147. The molecule has 0 saturated heterocycles. The normalized spacial score (nSPS) is 8.22. The van der Waals surface area contributed by atoms with Crippen LogP contribution < -0.4 is 15.3 Å². The summed E-state index contributed by atoms with van der Waals surface area (Å²) in [6.45, 7) is 9.67. The summed E-state index contributed by atoms with van der Waals surface area (Å²) in [5.74, 6) is 0. The van der Waals surface area contributed by atoms with E-state index < -0.39 is 18.3 Å². The third kappa shape index (κ3) is 148. The molecule has 0 radical (unpaired) electrons. The van der Waals surface area contributed by atoms with Crippen LogP contribution in [0.4, 0.5) is 0 Å². The molecule has 0 aromatic carbocycles. The zero-order valence-corrected chi connectivity index (χ0v) is 13.7. The van der Waals surface area contributed by atoms with Gasteiger partial charge in [-0.25, -0.2) is 0 Å². The average molecular weight is 292 g/mol. The Morgan fingerprint density at radius 1 is 0.833 bits per heavy atom. The molecule has 104 valence electrons. The molecule has 0 spiro atoms. The number of hydrogen-bond acceptors (Lipinski definition) is 4. The van der Waals surface area contributed by atoms with E-state index in [1.807, 2.05) is 0 Å². The summed E-state index contributed by atoms with van der Waals surface area (Å²) in [5.41, 5.74) is 0. The van der Waals surface area contributed by atoms with Crippen molar-refractivity contribution in [2.45, 2.75) is 59.9 Å². The summed E-state index contributed by atoms with van der Waals surface area (Å²) in [4.78, 5) is 0. The summed E-state index contributed by atoms with van der Waals surface area (Å²) < 4.78 is 4.46. The van der Waals surface area contributed by atoms with E-state index >= 15 is 0 Å². The number of furan rings is 1. The first-order valence-corrected chi connectivity index (χ1v) is 5.57. The van der Waals surface area contributed by atoms with Crippen LogP contribution in [0.15, 0.2) is 22.8 Å². The molecule has 0 atom stereocenters. The summed E-state index contributed by atoms with van der Waals surface area (Å²) in [5, 5.41) is 28.6.